The second-order valence-corrected chi connectivity index (χ2v) is 8.89. The van der Waals surface area contributed by atoms with Crippen LogP contribution in [0.4, 0.5) is 0 Å². The lowest BCUT2D eigenvalue weighted by Gasteiger charge is -2.05. The van der Waals surface area contributed by atoms with Gasteiger partial charge in [-0.2, -0.15) is 9.67 Å². The van der Waals surface area contributed by atoms with Crippen molar-refractivity contribution in [1.29, 1.82) is 0 Å². The van der Waals surface area contributed by atoms with Crippen LogP contribution in [0.1, 0.15) is 21.5 Å². The zero-order valence-electron chi connectivity index (χ0n) is 18.6. The van der Waals surface area contributed by atoms with Gasteiger partial charge in [-0.25, -0.2) is 10.2 Å². The second-order valence-electron chi connectivity index (χ2n) is 7.51. The number of aromatic carboxylic acids is 1. The maximum Gasteiger partial charge on any atom is 0.342 e. The van der Waals surface area contributed by atoms with Gasteiger partial charge in [-0.05, 0) is 61.2 Å². The molecule has 0 radical (unpaired) electrons. The molecule has 176 valence electrons. The number of carbonyl (C=O) groups excluding carboxylic acids is 1. The minimum atomic E-state index is -1.07. The number of hydrazone groups is 1. The monoisotopic (exact) mass is 506 g/mol. The fourth-order valence-corrected chi connectivity index (χ4v) is 4.16. The fourth-order valence-electron chi connectivity index (χ4n) is 3.27. The van der Waals surface area contributed by atoms with Gasteiger partial charge in [0, 0.05) is 10.6 Å². The summed E-state index contributed by atoms with van der Waals surface area (Å²) in [5.74, 6) is -0.618. The number of carboxylic acid groups (broad SMARTS) is 1. The summed E-state index contributed by atoms with van der Waals surface area (Å²) >= 11 is 7.31. The highest BCUT2D eigenvalue weighted by molar-refractivity contribution is 7.99. The Labute approximate surface area is 210 Å². The molecule has 0 bridgehead atoms. The first-order chi connectivity index (χ1) is 16.9. The third-order valence-corrected chi connectivity index (χ3v) is 6.19. The van der Waals surface area contributed by atoms with E-state index in [2.05, 4.69) is 20.7 Å². The van der Waals surface area contributed by atoms with Crippen molar-refractivity contribution < 1.29 is 19.3 Å². The number of carboxylic acids is 1. The van der Waals surface area contributed by atoms with Crippen LogP contribution in [0.15, 0.2) is 83.1 Å². The van der Waals surface area contributed by atoms with Gasteiger partial charge in [-0.15, -0.1) is 5.10 Å². The van der Waals surface area contributed by atoms with E-state index in [-0.39, 0.29) is 17.2 Å². The van der Waals surface area contributed by atoms with E-state index in [1.165, 1.54) is 24.0 Å². The molecule has 0 saturated heterocycles. The number of halogens is 1. The van der Waals surface area contributed by atoms with Crippen molar-refractivity contribution in [3.63, 3.8) is 0 Å². The van der Waals surface area contributed by atoms with Gasteiger partial charge < -0.3 is 5.11 Å². The minimum Gasteiger partial charge on any atom is -0.478 e. The topological polar surface area (TPSA) is 111 Å². The summed E-state index contributed by atoms with van der Waals surface area (Å²) in [5.41, 5.74) is 5.85. The van der Waals surface area contributed by atoms with Crippen LogP contribution in [0, 0.1) is 6.92 Å². The summed E-state index contributed by atoms with van der Waals surface area (Å²) < 4.78 is 1.92. The van der Waals surface area contributed by atoms with Gasteiger partial charge >= 0.3 is 11.1 Å². The summed E-state index contributed by atoms with van der Waals surface area (Å²) in [6, 6.07) is 21.8. The van der Waals surface area contributed by atoms with E-state index in [9.17, 15) is 14.7 Å². The number of nitrogens with one attached hydrogen (secondary N) is 2. The molecule has 0 spiro atoms. The predicted octanol–water partition coefficient (Wildman–Crippen LogP) is 4.26. The highest BCUT2D eigenvalue weighted by Crippen LogP contribution is 2.21. The molecule has 1 aromatic heterocycles. The first kappa shape index (κ1) is 24.2. The molecule has 1 amide bonds. The number of hydrogen-bond acceptors (Lipinski definition) is 5. The molecule has 4 aromatic rings. The van der Waals surface area contributed by atoms with Gasteiger partial charge in [-0.1, -0.05) is 47.5 Å². The quantitative estimate of drug-likeness (QED) is 0.143. The average molecular weight is 507 g/mol. The largest absolute Gasteiger partial charge is 0.478 e. The molecule has 0 unspecified atom stereocenters. The number of amides is 1. The van der Waals surface area contributed by atoms with Gasteiger partial charge in [0.05, 0.1) is 28.2 Å². The number of H-pyrrole nitrogens is 1. The number of aryl methyl sites for hydroxylation is 1. The lowest BCUT2D eigenvalue weighted by atomic mass is 10.1. The van der Waals surface area contributed by atoms with E-state index in [1.807, 2.05) is 47.9 Å². The maximum absolute atomic E-state index is 12.4. The van der Waals surface area contributed by atoms with Crippen LogP contribution >= 0.6 is 23.4 Å². The molecule has 35 heavy (non-hydrogen) atoms. The number of aromatic nitrogens is 3. The Balaban J connectivity index is 1.51. The normalized spacial score (nSPS) is 11.0. The van der Waals surface area contributed by atoms with Crippen molar-refractivity contribution in [3.8, 4) is 17.1 Å². The molecule has 10 heteroatoms. The first-order valence-electron chi connectivity index (χ1n) is 10.5. The maximum atomic E-state index is 12.4. The van der Waals surface area contributed by atoms with Crippen LogP contribution in [0.3, 0.4) is 0 Å². The molecular weight excluding hydrogens is 486 g/mol. The number of aromatic amines is 1. The Morgan fingerprint density at radius 3 is 2.54 bits per heavy atom. The van der Waals surface area contributed by atoms with Crippen molar-refractivity contribution >= 4 is 41.5 Å². The van der Waals surface area contributed by atoms with E-state index in [1.54, 1.807) is 30.3 Å². The van der Waals surface area contributed by atoms with E-state index in [0.29, 0.717) is 15.7 Å². The Hall–Kier alpha value is -3.95. The molecule has 8 nitrogen and oxygen atoms in total. The summed E-state index contributed by atoms with van der Waals surface area (Å²) in [5, 5.41) is 21.8. The van der Waals surface area contributed by atoms with E-state index in [4.69, 9.17) is 11.6 Å². The standard InChI is InChI=1S/C25H20ClN5O3S/c1-16-6-8-17(9-7-16)23-29-30-25(31(23)20-12-10-19(26)11-13-20)35-15-22(32)28-27-14-18-4-2-3-5-21(18)24(33)34/h2-14H,15H2,1H3,(H2,28,32,33,34)/p+1/b27-14+. The zero-order valence-corrected chi connectivity index (χ0v) is 20.2. The lowest BCUT2D eigenvalue weighted by molar-refractivity contribution is -0.625. The van der Waals surface area contributed by atoms with Crippen LogP contribution in [-0.2, 0) is 4.79 Å². The third kappa shape index (κ3) is 5.95. The first-order valence-corrected chi connectivity index (χ1v) is 11.9. The molecule has 0 fully saturated rings. The van der Waals surface area contributed by atoms with Gasteiger partial charge in [0.1, 0.15) is 5.69 Å². The van der Waals surface area contributed by atoms with Crippen LogP contribution in [0.5, 0.6) is 0 Å². The number of rotatable bonds is 8. The Morgan fingerprint density at radius 1 is 1.11 bits per heavy atom. The molecular formula is C25H21ClN5O3S+. The smallest absolute Gasteiger partial charge is 0.342 e. The molecule has 1 heterocycles. The lowest BCUT2D eigenvalue weighted by Crippen LogP contribution is -2.34. The van der Waals surface area contributed by atoms with Crippen LogP contribution < -0.4 is 9.99 Å². The van der Waals surface area contributed by atoms with Gasteiger partial charge in [0.2, 0.25) is 0 Å². The number of hydrogen-bond donors (Lipinski definition) is 3. The molecule has 0 atom stereocenters. The average Bonchev–Trinajstić information content (AvgIpc) is 3.28. The van der Waals surface area contributed by atoms with Crippen molar-refractivity contribution in [2.24, 2.45) is 5.10 Å². The van der Waals surface area contributed by atoms with Crippen molar-refractivity contribution in [1.82, 2.24) is 15.6 Å². The summed E-state index contributed by atoms with van der Waals surface area (Å²) in [6.07, 6.45) is 1.31. The molecule has 3 N–H and O–H groups in total. The fraction of sp³-hybridized carbons (Fsp3) is 0.0800. The summed E-state index contributed by atoms with van der Waals surface area (Å²) in [6.45, 7) is 2.02. The van der Waals surface area contributed by atoms with Crippen LogP contribution in [-0.4, -0.2) is 39.1 Å². The van der Waals surface area contributed by atoms with Gasteiger partial charge in [0.15, 0.2) is 0 Å². The molecule has 0 saturated carbocycles. The number of thioether (sulfide) groups is 1. The van der Waals surface area contributed by atoms with Gasteiger partial charge in [0.25, 0.3) is 11.7 Å². The van der Waals surface area contributed by atoms with Crippen molar-refractivity contribution in [3.05, 3.63) is 94.5 Å². The molecule has 0 aliphatic rings. The predicted molar refractivity (Wildman–Crippen MR) is 135 cm³/mol. The molecule has 0 aliphatic carbocycles. The van der Waals surface area contributed by atoms with E-state index in [0.717, 1.165) is 22.6 Å². The highest BCUT2D eigenvalue weighted by Gasteiger charge is 2.24. The van der Waals surface area contributed by atoms with E-state index >= 15 is 0 Å². The second kappa shape index (κ2) is 11.0. The Bertz CT molecular complexity index is 1390. The molecule has 0 aliphatic heterocycles. The van der Waals surface area contributed by atoms with E-state index < -0.39 is 5.97 Å². The Morgan fingerprint density at radius 2 is 1.83 bits per heavy atom. The number of nitrogens with zero attached hydrogens (tertiary/aromatic N) is 3. The Kier molecular flexibility index (Phi) is 7.59. The third-order valence-electron chi connectivity index (χ3n) is 5.00. The van der Waals surface area contributed by atoms with Crippen molar-refractivity contribution in [2.45, 2.75) is 12.1 Å². The highest BCUT2D eigenvalue weighted by atomic mass is 35.5. The number of carbonyl (C=O) groups is 2. The van der Waals surface area contributed by atoms with Crippen LogP contribution in [0.2, 0.25) is 5.02 Å². The summed E-state index contributed by atoms with van der Waals surface area (Å²) in [7, 11) is 0. The van der Waals surface area contributed by atoms with Crippen molar-refractivity contribution in [2.75, 3.05) is 5.75 Å². The summed E-state index contributed by atoms with van der Waals surface area (Å²) in [4.78, 5) is 23.7. The molecule has 3 aromatic carbocycles. The number of benzene rings is 3. The molecule has 4 rings (SSSR count). The van der Waals surface area contributed by atoms with Gasteiger partial charge in [-0.3, -0.25) is 4.79 Å². The van der Waals surface area contributed by atoms with Crippen LogP contribution in [0.25, 0.3) is 17.1 Å². The zero-order chi connectivity index (χ0) is 24.8. The minimum absolute atomic E-state index is 0.0453. The SMILES string of the molecule is Cc1ccc(-c2[nH]nc(SCC(=O)N/N=C/c3ccccc3C(=O)O)[n+]2-c2ccc(Cl)cc2)cc1.